The minimum atomic E-state index is -3.36. The molecule has 0 saturated carbocycles. The SMILES string of the molecule is CC[C@@H](C)NC(=O)NC(=O)COC(=O)c1ccc(S(C)(=O)=O)cc1. The Bertz CT molecular complexity index is 712. The number of hydrogen-bond acceptors (Lipinski definition) is 6. The van der Waals surface area contributed by atoms with Gasteiger partial charge in [0.25, 0.3) is 5.91 Å². The van der Waals surface area contributed by atoms with Crippen molar-refractivity contribution in [1.29, 1.82) is 0 Å². The average molecular weight is 356 g/mol. The maximum atomic E-state index is 11.8. The molecule has 0 aliphatic heterocycles. The molecule has 0 saturated heterocycles. The molecule has 24 heavy (non-hydrogen) atoms. The molecule has 1 rings (SSSR count). The van der Waals surface area contributed by atoms with Crippen molar-refractivity contribution >= 4 is 27.7 Å². The molecule has 0 radical (unpaired) electrons. The standard InChI is InChI=1S/C15H20N2O6S/c1-4-10(2)16-15(20)17-13(18)9-23-14(19)11-5-7-12(8-6-11)24(3,21)22/h5-8,10H,4,9H2,1-3H3,(H2,16,17,18,20)/t10-/m1/s1. The Morgan fingerprint density at radius 1 is 1.17 bits per heavy atom. The molecule has 1 aromatic rings. The fraction of sp³-hybridized carbons (Fsp3) is 0.400. The van der Waals surface area contributed by atoms with Crippen LogP contribution in [0.2, 0.25) is 0 Å². The highest BCUT2D eigenvalue weighted by Crippen LogP contribution is 2.11. The second kappa shape index (κ2) is 8.44. The van der Waals surface area contributed by atoms with Crippen molar-refractivity contribution in [2.75, 3.05) is 12.9 Å². The van der Waals surface area contributed by atoms with E-state index < -0.39 is 34.4 Å². The number of imide groups is 1. The molecule has 0 aliphatic carbocycles. The van der Waals surface area contributed by atoms with Crippen LogP contribution in [0.5, 0.6) is 0 Å². The lowest BCUT2D eigenvalue weighted by atomic mass is 10.2. The quantitative estimate of drug-likeness (QED) is 0.730. The average Bonchev–Trinajstić information content (AvgIpc) is 2.51. The van der Waals surface area contributed by atoms with Gasteiger partial charge in [0.1, 0.15) is 0 Å². The van der Waals surface area contributed by atoms with Gasteiger partial charge in [-0.25, -0.2) is 18.0 Å². The van der Waals surface area contributed by atoms with Crippen LogP contribution < -0.4 is 10.6 Å². The van der Waals surface area contributed by atoms with Crippen molar-refractivity contribution in [3.05, 3.63) is 29.8 Å². The highest BCUT2D eigenvalue weighted by Gasteiger charge is 2.14. The van der Waals surface area contributed by atoms with E-state index in [0.29, 0.717) is 6.42 Å². The van der Waals surface area contributed by atoms with Gasteiger partial charge in [0, 0.05) is 12.3 Å². The fourth-order valence-electron chi connectivity index (χ4n) is 1.58. The Labute approximate surface area is 140 Å². The van der Waals surface area contributed by atoms with Crippen molar-refractivity contribution in [2.45, 2.75) is 31.2 Å². The number of esters is 1. The molecule has 0 aromatic heterocycles. The first-order valence-corrected chi connectivity index (χ1v) is 9.10. The molecule has 0 fully saturated rings. The Morgan fingerprint density at radius 3 is 2.25 bits per heavy atom. The number of carbonyl (C=O) groups is 3. The van der Waals surface area contributed by atoms with Gasteiger partial charge < -0.3 is 10.1 Å². The van der Waals surface area contributed by atoms with Crippen LogP contribution in [0.15, 0.2) is 29.2 Å². The summed E-state index contributed by atoms with van der Waals surface area (Å²) in [6, 6.07) is 4.35. The number of sulfone groups is 1. The number of rotatable bonds is 6. The van der Waals surface area contributed by atoms with Gasteiger partial charge in [-0.3, -0.25) is 10.1 Å². The highest BCUT2D eigenvalue weighted by molar-refractivity contribution is 7.90. The van der Waals surface area contributed by atoms with Crippen LogP contribution in [0, 0.1) is 0 Å². The second-order valence-electron chi connectivity index (χ2n) is 5.20. The molecule has 1 aromatic carbocycles. The Kier molecular flexibility index (Phi) is 6.90. The van der Waals surface area contributed by atoms with Gasteiger partial charge in [0.15, 0.2) is 16.4 Å². The Morgan fingerprint density at radius 2 is 1.75 bits per heavy atom. The van der Waals surface area contributed by atoms with Gasteiger partial charge in [-0.2, -0.15) is 0 Å². The first-order valence-electron chi connectivity index (χ1n) is 7.21. The molecule has 3 amide bonds. The zero-order valence-electron chi connectivity index (χ0n) is 13.7. The topological polar surface area (TPSA) is 119 Å². The smallest absolute Gasteiger partial charge is 0.338 e. The van der Waals surface area contributed by atoms with E-state index in [-0.39, 0.29) is 16.5 Å². The fourth-order valence-corrected chi connectivity index (χ4v) is 2.21. The summed E-state index contributed by atoms with van der Waals surface area (Å²) >= 11 is 0. The first-order chi connectivity index (χ1) is 11.1. The van der Waals surface area contributed by atoms with Crippen LogP contribution in [-0.4, -0.2) is 45.2 Å². The van der Waals surface area contributed by atoms with Gasteiger partial charge in [0.05, 0.1) is 10.5 Å². The van der Waals surface area contributed by atoms with Crippen LogP contribution in [0.4, 0.5) is 4.79 Å². The van der Waals surface area contributed by atoms with E-state index in [0.717, 1.165) is 6.26 Å². The summed E-state index contributed by atoms with van der Waals surface area (Å²) in [4.78, 5) is 34.8. The van der Waals surface area contributed by atoms with Crippen LogP contribution >= 0.6 is 0 Å². The predicted molar refractivity (Wildman–Crippen MR) is 86.3 cm³/mol. The predicted octanol–water partition coefficient (Wildman–Crippen LogP) is 0.871. The lowest BCUT2D eigenvalue weighted by Crippen LogP contribution is -2.44. The van der Waals surface area contributed by atoms with Gasteiger partial charge >= 0.3 is 12.0 Å². The van der Waals surface area contributed by atoms with Crippen LogP contribution in [0.1, 0.15) is 30.6 Å². The van der Waals surface area contributed by atoms with Crippen LogP contribution in [0.25, 0.3) is 0 Å². The van der Waals surface area contributed by atoms with Gasteiger partial charge in [0.2, 0.25) is 0 Å². The van der Waals surface area contributed by atoms with E-state index in [4.69, 9.17) is 4.74 Å². The molecule has 9 heteroatoms. The summed E-state index contributed by atoms with van der Waals surface area (Å²) in [6.45, 7) is 3.04. The number of benzene rings is 1. The third kappa shape index (κ3) is 6.37. The van der Waals surface area contributed by atoms with Gasteiger partial charge in [-0.05, 0) is 37.6 Å². The summed E-state index contributed by atoms with van der Waals surface area (Å²) in [5.74, 6) is -1.57. The molecule has 0 heterocycles. The van der Waals surface area contributed by atoms with Gasteiger partial charge in [-0.15, -0.1) is 0 Å². The molecule has 132 valence electrons. The van der Waals surface area contributed by atoms with Crippen molar-refractivity contribution in [1.82, 2.24) is 10.6 Å². The molecule has 0 unspecified atom stereocenters. The monoisotopic (exact) mass is 356 g/mol. The van der Waals surface area contributed by atoms with E-state index in [9.17, 15) is 22.8 Å². The summed E-state index contributed by atoms with van der Waals surface area (Å²) in [6.07, 6.45) is 1.76. The van der Waals surface area contributed by atoms with Crippen LogP contribution in [0.3, 0.4) is 0 Å². The lowest BCUT2D eigenvalue weighted by molar-refractivity contribution is -0.123. The Balaban J connectivity index is 2.51. The first kappa shape index (κ1) is 19.6. The highest BCUT2D eigenvalue weighted by atomic mass is 32.2. The van der Waals surface area contributed by atoms with Crippen molar-refractivity contribution in [3.63, 3.8) is 0 Å². The zero-order valence-corrected chi connectivity index (χ0v) is 14.5. The number of urea groups is 1. The van der Waals surface area contributed by atoms with Crippen molar-refractivity contribution in [3.8, 4) is 0 Å². The van der Waals surface area contributed by atoms with Gasteiger partial charge in [-0.1, -0.05) is 6.92 Å². The lowest BCUT2D eigenvalue weighted by Gasteiger charge is -2.11. The number of ether oxygens (including phenoxy) is 1. The summed E-state index contributed by atoms with van der Waals surface area (Å²) in [7, 11) is -3.36. The molecule has 8 nitrogen and oxygen atoms in total. The largest absolute Gasteiger partial charge is 0.452 e. The minimum Gasteiger partial charge on any atom is -0.452 e. The summed E-state index contributed by atoms with van der Waals surface area (Å²) in [5, 5.41) is 4.57. The maximum Gasteiger partial charge on any atom is 0.338 e. The molecular weight excluding hydrogens is 336 g/mol. The van der Waals surface area contributed by atoms with Crippen molar-refractivity contribution in [2.24, 2.45) is 0 Å². The van der Waals surface area contributed by atoms with E-state index >= 15 is 0 Å². The molecule has 0 bridgehead atoms. The Hall–Kier alpha value is -2.42. The zero-order chi connectivity index (χ0) is 18.3. The number of hydrogen-bond donors (Lipinski definition) is 2. The van der Waals surface area contributed by atoms with E-state index in [1.165, 1.54) is 24.3 Å². The molecular formula is C15H20N2O6S. The van der Waals surface area contributed by atoms with Crippen molar-refractivity contribution < 1.29 is 27.5 Å². The maximum absolute atomic E-state index is 11.8. The molecule has 0 spiro atoms. The molecule has 2 N–H and O–H groups in total. The number of nitrogens with one attached hydrogen (secondary N) is 2. The third-order valence-electron chi connectivity index (χ3n) is 3.10. The minimum absolute atomic E-state index is 0.0681. The molecule has 1 atom stereocenters. The molecule has 0 aliphatic rings. The number of amides is 3. The van der Waals surface area contributed by atoms with Crippen LogP contribution in [-0.2, 0) is 19.4 Å². The van der Waals surface area contributed by atoms with E-state index in [2.05, 4.69) is 5.32 Å². The normalized spacial score (nSPS) is 12.1. The summed E-state index contributed by atoms with van der Waals surface area (Å²) < 4.78 is 27.4. The van der Waals surface area contributed by atoms with E-state index in [1.54, 1.807) is 6.92 Å². The number of carbonyl (C=O) groups excluding carboxylic acids is 3. The van der Waals surface area contributed by atoms with E-state index in [1.807, 2.05) is 12.2 Å². The second-order valence-corrected chi connectivity index (χ2v) is 7.22. The third-order valence-corrected chi connectivity index (χ3v) is 4.22. The summed E-state index contributed by atoms with van der Waals surface area (Å²) in [5.41, 5.74) is 0.0965.